The van der Waals surface area contributed by atoms with Crippen LogP contribution in [0.3, 0.4) is 0 Å². The van der Waals surface area contributed by atoms with Crippen LogP contribution < -0.4 is 16.6 Å². The summed E-state index contributed by atoms with van der Waals surface area (Å²) in [6.45, 7) is 2.69. The molecule has 0 aliphatic carbocycles. The van der Waals surface area contributed by atoms with Gasteiger partial charge in [-0.05, 0) is 42.2 Å². The molecule has 106 valence electrons. The average Bonchev–Trinajstić information content (AvgIpc) is 2.52. The van der Waals surface area contributed by atoms with Crippen molar-refractivity contribution in [1.29, 1.82) is 0 Å². The molecule has 2 rings (SSSR count). The number of anilines is 2. The number of benzene rings is 2. The predicted molar refractivity (Wildman–Crippen MR) is 85.7 cm³/mol. The molecule has 0 aliphatic heterocycles. The van der Waals surface area contributed by atoms with Gasteiger partial charge in [-0.15, -0.1) is 0 Å². The molecule has 0 spiro atoms. The van der Waals surface area contributed by atoms with Crippen molar-refractivity contribution >= 4 is 11.4 Å². The second-order valence-electron chi connectivity index (χ2n) is 4.98. The summed E-state index contributed by atoms with van der Waals surface area (Å²) in [6, 6.07) is 16.4. The molecule has 0 unspecified atom stereocenters. The van der Waals surface area contributed by atoms with Crippen molar-refractivity contribution in [1.82, 2.24) is 0 Å². The molecule has 0 bridgehead atoms. The minimum atomic E-state index is 0.486. The van der Waals surface area contributed by atoms with E-state index in [1.807, 2.05) is 30.3 Å². The maximum Gasteiger partial charge on any atom is 0.0620 e. The van der Waals surface area contributed by atoms with E-state index in [9.17, 15) is 0 Å². The summed E-state index contributed by atoms with van der Waals surface area (Å²) in [7, 11) is 0. The van der Waals surface area contributed by atoms with E-state index in [-0.39, 0.29) is 0 Å². The molecule has 0 fully saturated rings. The molecule has 3 nitrogen and oxygen atoms in total. The van der Waals surface area contributed by atoms with Crippen LogP contribution in [0.1, 0.15) is 30.9 Å². The van der Waals surface area contributed by atoms with Crippen LogP contribution >= 0.6 is 0 Å². The summed E-state index contributed by atoms with van der Waals surface area (Å²) in [5.41, 5.74) is 10.1. The van der Waals surface area contributed by atoms with Crippen LogP contribution in [0.2, 0.25) is 0 Å². The van der Waals surface area contributed by atoms with Crippen molar-refractivity contribution < 1.29 is 0 Å². The fourth-order valence-corrected chi connectivity index (χ4v) is 2.30. The van der Waals surface area contributed by atoms with E-state index < -0.39 is 0 Å². The fourth-order valence-electron chi connectivity index (χ4n) is 2.30. The number of hydrogen-bond acceptors (Lipinski definition) is 3. The third-order valence-corrected chi connectivity index (χ3v) is 3.48. The number of nitrogens with two attached hydrogens (primary N) is 2. The number of para-hydroxylation sites is 1. The fraction of sp³-hybridized carbons (Fsp3) is 0.294. The normalized spacial score (nSPS) is 10.6. The lowest BCUT2D eigenvalue weighted by atomic mass is 10.1. The second kappa shape index (κ2) is 7.08. The van der Waals surface area contributed by atoms with Crippen LogP contribution in [0.15, 0.2) is 48.5 Å². The number of nitrogens with zero attached hydrogens (tertiary/aromatic N) is 1. The predicted octanol–water partition coefficient (Wildman–Crippen LogP) is 3.50. The second-order valence-corrected chi connectivity index (χ2v) is 4.98. The molecule has 20 heavy (non-hydrogen) atoms. The summed E-state index contributed by atoms with van der Waals surface area (Å²) in [5.74, 6) is 6.27. The molecule has 0 atom stereocenters. The topological polar surface area (TPSA) is 55.3 Å². The number of unbranched alkanes of at least 4 members (excludes halogenated alkanes) is 1. The standard InChI is InChI=1S/C17H23N3/c1-2-3-7-14-8-6-10-16(12-14)20(19)17-11-5-4-9-15(17)13-18/h4-6,8-12H,2-3,7,13,18-19H2,1H3. The Labute approximate surface area is 121 Å². The highest BCUT2D eigenvalue weighted by Gasteiger charge is 2.09. The first-order valence-electron chi connectivity index (χ1n) is 7.18. The van der Waals surface area contributed by atoms with Crippen LogP contribution in [0.4, 0.5) is 11.4 Å². The zero-order valence-corrected chi connectivity index (χ0v) is 12.0. The van der Waals surface area contributed by atoms with Crippen molar-refractivity contribution in [2.45, 2.75) is 32.7 Å². The summed E-state index contributed by atoms with van der Waals surface area (Å²) in [4.78, 5) is 0. The zero-order chi connectivity index (χ0) is 14.4. The molecule has 4 N–H and O–H groups in total. The Bertz CT molecular complexity index is 551. The summed E-state index contributed by atoms with van der Waals surface area (Å²) < 4.78 is 0. The van der Waals surface area contributed by atoms with Gasteiger partial charge in [-0.1, -0.05) is 43.7 Å². The summed E-state index contributed by atoms with van der Waals surface area (Å²) in [6.07, 6.45) is 3.50. The Morgan fingerprint density at radius 3 is 2.60 bits per heavy atom. The Balaban J connectivity index is 2.26. The van der Waals surface area contributed by atoms with E-state index in [2.05, 4.69) is 25.1 Å². The van der Waals surface area contributed by atoms with E-state index in [1.54, 1.807) is 5.01 Å². The summed E-state index contributed by atoms with van der Waals surface area (Å²) >= 11 is 0. The van der Waals surface area contributed by atoms with Gasteiger partial charge in [0.15, 0.2) is 0 Å². The van der Waals surface area contributed by atoms with Gasteiger partial charge in [-0.25, -0.2) is 5.84 Å². The van der Waals surface area contributed by atoms with Gasteiger partial charge >= 0.3 is 0 Å². The van der Waals surface area contributed by atoms with Crippen molar-refractivity contribution in [2.75, 3.05) is 5.01 Å². The molecule has 3 heteroatoms. The minimum absolute atomic E-state index is 0.486. The maximum absolute atomic E-state index is 6.27. The van der Waals surface area contributed by atoms with Crippen molar-refractivity contribution in [3.8, 4) is 0 Å². The van der Waals surface area contributed by atoms with Gasteiger partial charge < -0.3 is 5.73 Å². The minimum Gasteiger partial charge on any atom is -0.326 e. The first kappa shape index (κ1) is 14.6. The summed E-state index contributed by atoms with van der Waals surface area (Å²) in [5, 5.41) is 1.72. The van der Waals surface area contributed by atoms with Crippen molar-refractivity contribution in [2.24, 2.45) is 11.6 Å². The molecule has 0 aliphatic rings. The molecular formula is C17H23N3. The zero-order valence-electron chi connectivity index (χ0n) is 12.0. The van der Waals surface area contributed by atoms with Gasteiger partial charge in [-0.2, -0.15) is 0 Å². The Morgan fingerprint density at radius 1 is 1.05 bits per heavy atom. The molecule has 0 amide bonds. The van der Waals surface area contributed by atoms with Gasteiger partial charge in [0.1, 0.15) is 0 Å². The quantitative estimate of drug-likeness (QED) is 0.623. The first-order chi connectivity index (χ1) is 9.76. The number of rotatable bonds is 6. The molecule has 0 saturated carbocycles. The highest BCUT2D eigenvalue weighted by atomic mass is 15.4. The van der Waals surface area contributed by atoms with Crippen LogP contribution in [0.25, 0.3) is 0 Å². The maximum atomic E-state index is 6.27. The third-order valence-electron chi connectivity index (χ3n) is 3.48. The largest absolute Gasteiger partial charge is 0.326 e. The van der Waals surface area contributed by atoms with Crippen LogP contribution in [0.5, 0.6) is 0 Å². The average molecular weight is 269 g/mol. The molecule has 2 aromatic carbocycles. The van der Waals surface area contributed by atoms with E-state index in [0.29, 0.717) is 6.54 Å². The van der Waals surface area contributed by atoms with Gasteiger partial charge in [0.2, 0.25) is 0 Å². The van der Waals surface area contributed by atoms with Gasteiger partial charge in [0, 0.05) is 6.54 Å². The number of aryl methyl sites for hydroxylation is 1. The number of hydrogen-bond donors (Lipinski definition) is 2. The van der Waals surface area contributed by atoms with Crippen LogP contribution in [-0.2, 0) is 13.0 Å². The Kier molecular flexibility index (Phi) is 5.16. The molecule has 2 aromatic rings. The van der Waals surface area contributed by atoms with E-state index in [0.717, 1.165) is 23.4 Å². The number of hydrazine groups is 1. The van der Waals surface area contributed by atoms with E-state index in [1.165, 1.54) is 18.4 Å². The molecule has 0 heterocycles. The highest BCUT2D eigenvalue weighted by Crippen LogP contribution is 2.26. The van der Waals surface area contributed by atoms with Crippen molar-refractivity contribution in [3.05, 3.63) is 59.7 Å². The monoisotopic (exact) mass is 269 g/mol. The third kappa shape index (κ3) is 3.38. The smallest absolute Gasteiger partial charge is 0.0620 e. The Morgan fingerprint density at radius 2 is 1.85 bits per heavy atom. The molecule has 0 aromatic heterocycles. The van der Waals surface area contributed by atoms with Gasteiger partial charge in [0.05, 0.1) is 11.4 Å². The van der Waals surface area contributed by atoms with Crippen molar-refractivity contribution in [3.63, 3.8) is 0 Å². The lowest BCUT2D eigenvalue weighted by Crippen LogP contribution is -2.26. The van der Waals surface area contributed by atoms with E-state index in [4.69, 9.17) is 11.6 Å². The molecule has 0 radical (unpaired) electrons. The molecular weight excluding hydrogens is 246 g/mol. The first-order valence-corrected chi connectivity index (χ1v) is 7.18. The highest BCUT2D eigenvalue weighted by molar-refractivity contribution is 5.65. The van der Waals surface area contributed by atoms with Crippen LogP contribution in [0, 0.1) is 0 Å². The van der Waals surface area contributed by atoms with Gasteiger partial charge in [-0.3, -0.25) is 5.01 Å². The van der Waals surface area contributed by atoms with E-state index >= 15 is 0 Å². The SMILES string of the molecule is CCCCc1cccc(N(N)c2ccccc2CN)c1. The lowest BCUT2D eigenvalue weighted by Gasteiger charge is -2.22. The van der Waals surface area contributed by atoms with Crippen LogP contribution in [-0.4, -0.2) is 0 Å². The van der Waals surface area contributed by atoms with Gasteiger partial charge in [0.25, 0.3) is 0 Å². The molecule has 0 saturated heterocycles. The lowest BCUT2D eigenvalue weighted by molar-refractivity contribution is 0.795. The Hall–Kier alpha value is -1.84.